The Morgan fingerprint density at radius 1 is 0.886 bits per heavy atom. The van der Waals surface area contributed by atoms with E-state index in [1.807, 2.05) is 35.2 Å². The molecular formula is C22H22N8O5. The van der Waals surface area contributed by atoms with Crippen molar-refractivity contribution in [2.75, 3.05) is 41.4 Å². The lowest BCUT2D eigenvalue weighted by Gasteiger charge is -2.36. The lowest BCUT2D eigenvalue weighted by Crippen LogP contribution is -2.47. The maximum absolute atomic E-state index is 12.3. The summed E-state index contributed by atoms with van der Waals surface area (Å²) in [6.07, 6.45) is 1.12. The molecule has 0 spiro atoms. The smallest absolute Gasteiger partial charge is 0.355 e. The van der Waals surface area contributed by atoms with Crippen molar-refractivity contribution in [3.05, 3.63) is 86.7 Å². The molecule has 0 atom stereocenters. The monoisotopic (exact) mass is 478 g/mol. The van der Waals surface area contributed by atoms with E-state index in [2.05, 4.69) is 25.7 Å². The molecule has 1 saturated heterocycles. The van der Waals surface area contributed by atoms with Crippen molar-refractivity contribution in [1.82, 2.24) is 15.4 Å². The maximum atomic E-state index is 12.3. The van der Waals surface area contributed by atoms with Crippen LogP contribution in [-0.2, 0) is 11.2 Å². The van der Waals surface area contributed by atoms with Crippen molar-refractivity contribution in [2.45, 2.75) is 6.42 Å². The zero-order valence-electron chi connectivity index (χ0n) is 18.5. The van der Waals surface area contributed by atoms with Crippen LogP contribution in [0.15, 0.2) is 60.9 Å². The predicted octanol–water partition coefficient (Wildman–Crippen LogP) is 2.31. The summed E-state index contributed by atoms with van der Waals surface area (Å²) >= 11 is 0. The molecule has 13 nitrogen and oxygen atoms in total. The standard InChI is InChI=1S/C22H22N8O5/c31-19(14-16-6-8-18(9-7-16)29(32)33)25-26-21-20(30(34)35)22(24-15-23-21)28-12-10-27(11-13-28)17-4-2-1-3-5-17/h1-9,15H,10-14H2,(H,25,31)(H,23,24,26). The molecule has 0 bridgehead atoms. The first-order valence-electron chi connectivity index (χ1n) is 10.7. The van der Waals surface area contributed by atoms with E-state index >= 15 is 0 Å². The van der Waals surface area contributed by atoms with Gasteiger partial charge in [-0.25, -0.2) is 9.97 Å². The molecule has 2 aromatic carbocycles. The van der Waals surface area contributed by atoms with Crippen LogP contribution in [0.4, 0.5) is 28.7 Å². The highest BCUT2D eigenvalue weighted by Gasteiger charge is 2.29. The molecule has 4 rings (SSSR count). The minimum absolute atomic E-state index is 0.0824. The van der Waals surface area contributed by atoms with Crippen molar-refractivity contribution in [2.24, 2.45) is 0 Å². The third kappa shape index (κ3) is 5.58. The molecule has 13 heteroatoms. The highest BCUT2D eigenvalue weighted by molar-refractivity contribution is 5.81. The van der Waals surface area contributed by atoms with Gasteiger partial charge in [-0.3, -0.25) is 35.9 Å². The molecule has 1 amide bonds. The Labute approximate surface area is 199 Å². The summed E-state index contributed by atoms with van der Waals surface area (Å²) in [4.78, 5) is 45.9. The number of hydrazine groups is 1. The van der Waals surface area contributed by atoms with Gasteiger partial charge in [-0.2, -0.15) is 0 Å². The third-order valence-corrected chi connectivity index (χ3v) is 5.52. The van der Waals surface area contributed by atoms with Crippen LogP contribution in [0.5, 0.6) is 0 Å². The van der Waals surface area contributed by atoms with Crippen LogP contribution in [-0.4, -0.2) is 51.9 Å². The Balaban J connectivity index is 1.41. The fourth-order valence-corrected chi connectivity index (χ4v) is 3.77. The molecule has 2 N–H and O–H groups in total. The fraction of sp³-hybridized carbons (Fsp3) is 0.227. The molecular weight excluding hydrogens is 456 g/mol. The van der Waals surface area contributed by atoms with E-state index in [0.717, 1.165) is 5.69 Å². The van der Waals surface area contributed by atoms with Crippen LogP contribution in [0.3, 0.4) is 0 Å². The zero-order chi connectivity index (χ0) is 24.8. The average Bonchev–Trinajstić information content (AvgIpc) is 2.88. The van der Waals surface area contributed by atoms with Gasteiger partial charge in [-0.05, 0) is 17.7 Å². The normalized spacial score (nSPS) is 13.3. The number of nitro groups is 2. The number of para-hydroxylation sites is 1. The highest BCUT2D eigenvalue weighted by Crippen LogP contribution is 2.32. The Morgan fingerprint density at radius 2 is 1.54 bits per heavy atom. The van der Waals surface area contributed by atoms with Gasteiger partial charge in [0.05, 0.1) is 16.3 Å². The summed E-state index contributed by atoms with van der Waals surface area (Å²) in [5, 5.41) is 22.6. The van der Waals surface area contributed by atoms with Crippen molar-refractivity contribution in [3.63, 3.8) is 0 Å². The van der Waals surface area contributed by atoms with E-state index in [9.17, 15) is 25.0 Å². The molecule has 1 fully saturated rings. The third-order valence-electron chi connectivity index (χ3n) is 5.52. The van der Waals surface area contributed by atoms with Gasteiger partial charge < -0.3 is 9.80 Å². The lowest BCUT2D eigenvalue weighted by molar-refractivity contribution is -0.384. The van der Waals surface area contributed by atoms with E-state index in [4.69, 9.17) is 0 Å². The van der Waals surface area contributed by atoms with E-state index in [1.165, 1.54) is 30.6 Å². The number of benzene rings is 2. The van der Waals surface area contributed by atoms with Gasteiger partial charge in [-0.1, -0.05) is 30.3 Å². The van der Waals surface area contributed by atoms with Crippen LogP contribution in [0.1, 0.15) is 5.56 Å². The molecule has 180 valence electrons. The molecule has 35 heavy (non-hydrogen) atoms. The topological polar surface area (TPSA) is 160 Å². The van der Waals surface area contributed by atoms with Crippen LogP contribution in [0.25, 0.3) is 0 Å². The summed E-state index contributed by atoms with van der Waals surface area (Å²) in [5.74, 6) is -0.461. The quantitative estimate of drug-likeness (QED) is 0.363. The maximum Gasteiger partial charge on any atom is 0.355 e. The first-order chi connectivity index (χ1) is 16.9. The Bertz CT molecular complexity index is 1210. The Kier molecular flexibility index (Phi) is 6.95. The van der Waals surface area contributed by atoms with Gasteiger partial charge in [-0.15, -0.1) is 0 Å². The van der Waals surface area contributed by atoms with E-state index in [0.29, 0.717) is 31.7 Å². The molecule has 1 aliphatic heterocycles. The van der Waals surface area contributed by atoms with Crippen molar-refractivity contribution < 1.29 is 14.6 Å². The van der Waals surface area contributed by atoms with Crippen LogP contribution >= 0.6 is 0 Å². The fourth-order valence-electron chi connectivity index (χ4n) is 3.77. The first-order valence-corrected chi connectivity index (χ1v) is 10.7. The number of anilines is 3. The number of nitrogens with zero attached hydrogens (tertiary/aromatic N) is 6. The second-order valence-electron chi connectivity index (χ2n) is 7.73. The van der Waals surface area contributed by atoms with Gasteiger partial charge in [0.15, 0.2) is 0 Å². The highest BCUT2D eigenvalue weighted by atomic mass is 16.6. The second kappa shape index (κ2) is 10.4. The van der Waals surface area contributed by atoms with Crippen LogP contribution in [0.2, 0.25) is 0 Å². The number of aromatic nitrogens is 2. The van der Waals surface area contributed by atoms with Crippen molar-refractivity contribution >= 4 is 34.6 Å². The number of piperazine rings is 1. The molecule has 0 radical (unpaired) electrons. The van der Waals surface area contributed by atoms with Crippen molar-refractivity contribution in [3.8, 4) is 0 Å². The lowest BCUT2D eigenvalue weighted by atomic mass is 10.1. The van der Waals surface area contributed by atoms with E-state index < -0.39 is 15.8 Å². The van der Waals surface area contributed by atoms with Gasteiger partial charge in [0.25, 0.3) is 5.69 Å². The first kappa shape index (κ1) is 23.4. The summed E-state index contributed by atoms with van der Waals surface area (Å²) in [6.45, 7) is 2.39. The van der Waals surface area contributed by atoms with Crippen LogP contribution < -0.4 is 20.7 Å². The molecule has 1 aliphatic rings. The number of hydrogen-bond acceptors (Lipinski definition) is 10. The number of hydrogen-bond donors (Lipinski definition) is 2. The number of amides is 1. The minimum atomic E-state index is -0.580. The van der Waals surface area contributed by atoms with Crippen LogP contribution in [0, 0.1) is 20.2 Å². The largest absolute Gasteiger partial charge is 0.368 e. The van der Waals surface area contributed by atoms with E-state index in [1.54, 1.807) is 0 Å². The molecule has 3 aromatic rings. The van der Waals surface area contributed by atoms with Gasteiger partial charge in [0, 0.05) is 44.0 Å². The molecule has 0 saturated carbocycles. The average molecular weight is 478 g/mol. The Hall–Kier alpha value is -4.81. The second-order valence-corrected chi connectivity index (χ2v) is 7.73. The summed E-state index contributed by atoms with van der Waals surface area (Å²) < 4.78 is 0. The number of rotatable bonds is 8. The SMILES string of the molecule is O=C(Cc1ccc([N+](=O)[O-])cc1)NNc1ncnc(N2CCN(c3ccccc3)CC2)c1[N+](=O)[O-]. The van der Waals surface area contributed by atoms with E-state index in [-0.39, 0.29) is 29.4 Å². The molecule has 0 unspecified atom stereocenters. The number of non-ortho nitro benzene ring substituents is 1. The molecule has 1 aromatic heterocycles. The van der Waals surface area contributed by atoms with Gasteiger partial charge in [0.2, 0.25) is 17.5 Å². The molecule has 2 heterocycles. The van der Waals surface area contributed by atoms with Gasteiger partial charge in [0.1, 0.15) is 6.33 Å². The van der Waals surface area contributed by atoms with Crippen molar-refractivity contribution in [1.29, 1.82) is 0 Å². The number of nitro benzene ring substituents is 1. The number of nitrogens with one attached hydrogen (secondary N) is 2. The summed E-state index contributed by atoms with van der Waals surface area (Å²) in [5.41, 5.74) is 6.13. The Morgan fingerprint density at radius 3 is 2.17 bits per heavy atom. The van der Waals surface area contributed by atoms with Gasteiger partial charge >= 0.3 is 5.69 Å². The zero-order valence-corrected chi connectivity index (χ0v) is 18.5. The predicted molar refractivity (Wildman–Crippen MR) is 128 cm³/mol. The summed E-state index contributed by atoms with van der Waals surface area (Å²) in [7, 11) is 0. The minimum Gasteiger partial charge on any atom is -0.368 e. The number of carbonyl (C=O) groups excluding carboxylic acids is 1. The number of carbonyl (C=O) groups is 1. The summed E-state index contributed by atoms with van der Waals surface area (Å²) in [6, 6.07) is 15.5. The molecule has 0 aliphatic carbocycles.